The van der Waals surface area contributed by atoms with Crippen molar-refractivity contribution in [2.45, 2.75) is 34.1 Å². The number of ketones is 1. The first-order chi connectivity index (χ1) is 14.2. The van der Waals surface area contributed by atoms with Crippen LogP contribution in [0.15, 0.2) is 54.4 Å². The van der Waals surface area contributed by atoms with Crippen LogP contribution in [0.5, 0.6) is 11.5 Å². The van der Waals surface area contributed by atoms with Crippen LogP contribution < -0.4 is 4.74 Å². The number of benzene rings is 1. The second-order valence-electron chi connectivity index (χ2n) is 8.05. The molecule has 6 heteroatoms. The van der Waals surface area contributed by atoms with Crippen molar-refractivity contribution >= 4 is 17.8 Å². The van der Waals surface area contributed by atoms with Crippen LogP contribution >= 0.6 is 0 Å². The molecule has 0 aliphatic heterocycles. The summed E-state index contributed by atoms with van der Waals surface area (Å²) >= 11 is 0. The monoisotopic (exact) mass is 411 g/mol. The number of ether oxygens (including phenoxy) is 3. The maximum Gasteiger partial charge on any atom is 0.313 e. The van der Waals surface area contributed by atoms with Gasteiger partial charge in [-0.3, -0.25) is 14.6 Å². The SMILES string of the molecule is CC(=O)CC(=O)OCC(C)(C)COCC(C)=Cc1ccc(Oc2cccnc2)cc1. The third kappa shape index (κ3) is 9.01. The Morgan fingerprint density at radius 3 is 2.40 bits per heavy atom. The van der Waals surface area contributed by atoms with Gasteiger partial charge < -0.3 is 14.2 Å². The van der Waals surface area contributed by atoms with E-state index in [0.29, 0.717) is 19.0 Å². The average Bonchev–Trinajstić information content (AvgIpc) is 2.68. The topological polar surface area (TPSA) is 74.7 Å². The number of hydrogen-bond acceptors (Lipinski definition) is 6. The zero-order valence-corrected chi connectivity index (χ0v) is 18.0. The third-order valence-electron chi connectivity index (χ3n) is 4.00. The van der Waals surface area contributed by atoms with Gasteiger partial charge in [0.05, 0.1) is 26.0 Å². The fourth-order valence-corrected chi connectivity index (χ4v) is 2.56. The van der Waals surface area contributed by atoms with Crippen molar-refractivity contribution in [3.05, 3.63) is 59.9 Å². The second-order valence-corrected chi connectivity index (χ2v) is 8.05. The number of pyridine rings is 1. The summed E-state index contributed by atoms with van der Waals surface area (Å²) in [5.41, 5.74) is 1.78. The highest BCUT2D eigenvalue weighted by atomic mass is 16.5. The highest BCUT2D eigenvalue weighted by Gasteiger charge is 2.21. The van der Waals surface area contributed by atoms with Crippen molar-refractivity contribution in [3.63, 3.8) is 0 Å². The van der Waals surface area contributed by atoms with E-state index in [1.54, 1.807) is 12.4 Å². The molecule has 0 atom stereocenters. The van der Waals surface area contributed by atoms with Gasteiger partial charge in [0.15, 0.2) is 0 Å². The van der Waals surface area contributed by atoms with Crippen LogP contribution in [0.1, 0.15) is 39.7 Å². The molecule has 2 aromatic rings. The van der Waals surface area contributed by atoms with Crippen LogP contribution in [0.4, 0.5) is 0 Å². The lowest BCUT2D eigenvalue weighted by molar-refractivity contribution is -0.149. The Hall–Kier alpha value is -2.99. The smallest absolute Gasteiger partial charge is 0.313 e. The van der Waals surface area contributed by atoms with E-state index < -0.39 is 5.97 Å². The fraction of sp³-hybridized carbons (Fsp3) is 0.375. The highest BCUT2D eigenvalue weighted by molar-refractivity contribution is 5.94. The second kappa shape index (κ2) is 11.3. The van der Waals surface area contributed by atoms with Gasteiger partial charge in [-0.15, -0.1) is 0 Å². The summed E-state index contributed by atoms with van der Waals surface area (Å²) in [6.45, 7) is 8.39. The Morgan fingerprint density at radius 1 is 1.03 bits per heavy atom. The van der Waals surface area contributed by atoms with Crippen molar-refractivity contribution in [2.24, 2.45) is 5.41 Å². The molecule has 0 aliphatic carbocycles. The lowest BCUT2D eigenvalue weighted by Gasteiger charge is -2.24. The zero-order valence-electron chi connectivity index (χ0n) is 18.0. The first-order valence-corrected chi connectivity index (χ1v) is 9.81. The van der Waals surface area contributed by atoms with E-state index in [9.17, 15) is 9.59 Å². The molecule has 30 heavy (non-hydrogen) atoms. The van der Waals surface area contributed by atoms with Gasteiger partial charge in [-0.1, -0.05) is 32.1 Å². The minimum absolute atomic E-state index is 0.190. The summed E-state index contributed by atoms with van der Waals surface area (Å²) in [6.07, 6.45) is 5.23. The molecular weight excluding hydrogens is 382 g/mol. The van der Waals surface area contributed by atoms with Crippen LogP contribution in [-0.4, -0.2) is 36.6 Å². The van der Waals surface area contributed by atoms with Crippen molar-refractivity contribution in [3.8, 4) is 11.5 Å². The molecule has 1 aromatic carbocycles. The third-order valence-corrected chi connectivity index (χ3v) is 4.00. The lowest BCUT2D eigenvalue weighted by atomic mass is 9.96. The first kappa shape index (κ1) is 23.3. The molecule has 0 fully saturated rings. The van der Waals surface area contributed by atoms with Gasteiger partial charge in [0, 0.05) is 11.6 Å². The average molecular weight is 411 g/mol. The molecule has 1 aromatic heterocycles. The molecule has 0 spiro atoms. The van der Waals surface area contributed by atoms with Gasteiger partial charge >= 0.3 is 5.97 Å². The van der Waals surface area contributed by atoms with E-state index >= 15 is 0 Å². The Balaban J connectivity index is 1.77. The normalized spacial score (nSPS) is 11.8. The van der Waals surface area contributed by atoms with Gasteiger partial charge in [-0.05, 0) is 49.2 Å². The van der Waals surface area contributed by atoms with Crippen molar-refractivity contribution in [1.29, 1.82) is 0 Å². The van der Waals surface area contributed by atoms with Crippen molar-refractivity contribution < 1.29 is 23.8 Å². The van der Waals surface area contributed by atoms with Gasteiger partial charge in [0.1, 0.15) is 23.7 Å². The summed E-state index contributed by atoms with van der Waals surface area (Å²) in [6, 6.07) is 11.5. The lowest BCUT2D eigenvalue weighted by Crippen LogP contribution is -2.28. The van der Waals surface area contributed by atoms with E-state index in [2.05, 4.69) is 4.98 Å². The molecule has 0 bridgehead atoms. The van der Waals surface area contributed by atoms with E-state index in [4.69, 9.17) is 14.2 Å². The summed E-state index contributed by atoms with van der Waals surface area (Å²) in [7, 11) is 0. The largest absolute Gasteiger partial charge is 0.465 e. The van der Waals surface area contributed by atoms with Crippen LogP contribution in [0.3, 0.4) is 0 Å². The van der Waals surface area contributed by atoms with E-state index in [1.165, 1.54) is 6.92 Å². The van der Waals surface area contributed by atoms with Crippen molar-refractivity contribution in [2.75, 3.05) is 19.8 Å². The standard InChI is InChI=1S/C24H29NO5/c1-18(15-28-16-24(3,4)17-29-23(27)13-19(2)26)12-20-7-9-21(10-8-20)30-22-6-5-11-25-14-22/h5-12,14H,13,15-17H2,1-4H3. The molecule has 0 saturated carbocycles. The Labute approximate surface area is 177 Å². The predicted molar refractivity (Wildman–Crippen MR) is 115 cm³/mol. The molecule has 0 radical (unpaired) electrons. The number of rotatable bonds is 11. The Morgan fingerprint density at radius 2 is 1.77 bits per heavy atom. The summed E-state index contributed by atoms with van der Waals surface area (Å²) < 4.78 is 16.7. The summed E-state index contributed by atoms with van der Waals surface area (Å²) in [5, 5.41) is 0. The predicted octanol–water partition coefficient (Wildman–Crippen LogP) is 4.84. The van der Waals surface area contributed by atoms with Crippen LogP contribution in [0.2, 0.25) is 0 Å². The maximum atomic E-state index is 11.5. The molecule has 160 valence electrons. The molecule has 6 nitrogen and oxygen atoms in total. The number of hydrogen-bond donors (Lipinski definition) is 0. The van der Waals surface area contributed by atoms with Crippen molar-refractivity contribution in [1.82, 2.24) is 4.98 Å². The minimum Gasteiger partial charge on any atom is -0.465 e. The van der Waals surface area contributed by atoms with Gasteiger partial charge in [0.2, 0.25) is 0 Å². The number of nitrogens with zero attached hydrogens (tertiary/aromatic N) is 1. The van der Waals surface area contributed by atoms with Crippen LogP contribution in [-0.2, 0) is 19.1 Å². The molecule has 0 aliphatic rings. The molecule has 0 unspecified atom stereocenters. The molecule has 2 rings (SSSR count). The highest BCUT2D eigenvalue weighted by Crippen LogP contribution is 2.21. The number of aromatic nitrogens is 1. The zero-order chi connectivity index (χ0) is 22.0. The van der Waals surface area contributed by atoms with E-state index in [-0.39, 0.29) is 24.2 Å². The molecule has 0 saturated heterocycles. The minimum atomic E-state index is -0.498. The van der Waals surface area contributed by atoms with Gasteiger partial charge in [-0.25, -0.2) is 0 Å². The van der Waals surface area contributed by atoms with Gasteiger partial charge in [-0.2, -0.15) is 0 Å². The van der Waals surface area contributed by atoms with Crippen LogP contribution in [0, 0.1) is 5.41 Å². The van der Waals surface area contributed by atoms with Gasteiger partial charge in [0.25, 0.3) is 0 Å². The Bertz CT molecular complexity index is 857. The number of esters is 1. The first-order valence-electron chi connectivity index (χ1n) is 9.81. The van der Waals surface area contributed by atoms with E-state index in [0.717, 1.165) is 16.9 Å². The molecule has 1 heterocycles. The summed E-state index contributed by atoms with van der Waals surface area (Å²) in [4.78, 5) is 26.5. The molecule has 0 amide bonds. The van der Waals surface area contributed by atoms with Crippen LogP contribution in [0.25, 0.3) is 6.08 Å². The number of carbonyl (C=O) groups excluding carboxylic acids is 2. The summed E-state index contributed by atoms with van der Waals surface area (Å²) in [5.74, 6) is 0.740. The Kier molecular flexibility index (Phi) is 8.74. The fourth-order valence-electron chi connectivity index (χ4n) is 2.56. The molecule has 0 N–H and O–H groups in total. The maximum absolute atomic E-state index is 11.5. The number of Topliss-reactive ketones (excluding diaryl/α,β-unsaturated/α-hetero) is 1. The van der Waals surface area contributed by atoms with E-state index in [1.807, 2.05) is 63.2 Å². The quantitative estimate of drug-likeness (QED) is 0.389. The molecular formula is C24H29NO5. The number of carbonyl (C=O) groups is 2.